The number of para-hydroxylation sites is 1. The Morgan fingerprint density at radius 2 is 0.939 bits per heavy atom. The Bertz CT molecular complexity index is 3400. The fraction of sp³-hybridized carbons (Fsp3) is 0.0877. The Labute approximate surface area is 376 Å². The first-order valence-corrected chi connectivity index (χ1v) is 21.5. The van der Waals surface area contributed by atoms with E-state index in [4.69, 9.17) is 9.97 Å². The second-order valence-electron chi connectivity index (χ2n) is 17.2. The summed E-state index contributed by atoms with van der Waals surface area (Å²) in [5, 5.41) is 1.84. The molecule has 0 bridgehead atoms. The molecule has 0 radical (unpaired) electrons. The summed E-state index contributed by atoms with van der Waals surface area (Å²) in [4.78, 5) is 10.1. The lowest BCUT2D eigenvalue weighted by atomic mass is 9.80. The maximum absolute atomic E-state index is 14.7. The van der Waals surface area contributed by atoms with Crippen molar-refractivity contribution in [3.8, 4) is 73.0 Å². The first-order chi connectivity index (χ1) is 31.8. The van der Waals surface area contributed by atoms with Gasteiger partial charge in [-0.2, -0.15) is 26.3 Å². The second kappa shape index (κ2) is 15.2. The highest BCUT2D eigenvalue weighted by molar-refractivity contribution is 6.15. The van der Waals surface area contributed by atoms with Crippen LogP contribution in [0.2, 0.25) is 0 Å². The number of benzene rings is 8. The third-order valence-corrected chi connectivity index (χ3v) is 12.8. The number of hydrogen-bond donors (Lipinski definition) is 0. The van der Waals surface area contributed by atoms with E-state index in [1.807, 2.05) is 114 Å². The molecule has 2 aromatic heterocycles. The fourth-order valence-corrected chi connectivity index (χ4v) is 9.83. The van der Waals surface area contributed by atoms with E-state index in [9.17, 15) is 26.3 Å². The van der Waals surface area contributed by atoms with Crippen molar-refractivity contribution >= 4 is 21.8 Å². The van der Waals surface area contributed by atoms with Crippen molar-refractivity contribution in [3.05, 3.63) is 210 Å². The van der Waals surface area contributed by atoms with Crippen molar-refractivity contribution in [2.45, 2.75) is 31.6 Å². The van der Waals surface area contributed by atoms with E-state index in [-0.39, 0.29) is 17.0 Å². The number of aromatic nitrogens is 3. The predicted octanol–water partition coefficient (Wildman–Crippen LogP) is 16.3. The van der Waals surface area contributed by atoms with Gasteiger partial charge in [-0.05, 0) is 88.0 Å². The third-order valence-electron chi connectivity index (χ3n) is 12.8. The zero-order valence-electron chi connectivity index (χ0n) is 35.5. The molecule has 2 heterocycles. The van der Waals surface area contributed by atoms with Gasteiger partial charge in [0.25, 0.3) is 0 Å². The average molecular weight is 878 g/mol. The average Bonchev–Trinajstić information content (AvgIpc) is 3.79. The van der Waals surface area contributed by atoms with Gasteiger partial charge in [-0.3, -0.25) is 0 Å². The van der Waals surface area contributed by atoms with Gasteiger partial charge in [0.15, 0.2) is 5.82 Å². The van der Waals surface area contributed by atoms with Gasteiger partial charge in [0, 0.05) is 44.0 Å². The fourth-order valence-electron chi connectivity index (χ4n) is 9.83. The molecule has 322 valence electrons. The molecule has 66 heavy (non-hydrogen) atoms. The van der Waals surface area contributed by atoms with E-state index in [1.165, 1.54) is 12.1 Å². The van der Waals surface area contributed by atoms with Crippen molar-refractivity contribution in [2.24, 2.45) is 0 Å². The minimum atomic E-state index is -4.69. The van der Waals surface area contributed by atoms with Crippen LogP contribution in [0.5, 0.6) is 0 Å². The molecule has 0 N–H and O–H groups in total. The monoisotopic (exact) mass is 877 g/mol. The summed E-state index contributed by atoms with van der Waals surface area (Å²) in [6.45, 7) is 4.38. The summed E-state index contributed by atoms with van der Waals surface area (Å²) in [6, 6.07) is 54.9. The van der Waals surface area contributed by atoms with Gasteiger partial charge in [-0.25, -0.2) is 9.97 Å². The Hall–Kier alpha value is -7.78. The first kappa shape index (κ1) is 41.0. The maximum Gasteiger partial charge on any atom is 0.416 e. The third kappa shape index (κ3) is 6.76. The molecular formula is C57H37F6N3. The van der Waals surface area contributed by atoms with Gasteiger partial charge < -0.3 is 4.57 Å². The van der Waals surface area contributed by atoms with Crippen LogP contribution in [0.1, 0.15) is 36.1 Å². The Morgan fingerprint density at radius 1 is 0.424 bits per heavy atom. The number of alkyl halides is 6. The van der Waals surface area contributed by atoms with Gasteiger partial charge in [0.1, 0.15) is 0 Å². The van der Waals surface area contributed by atoms with Crippen LogP contribution in [-0.4, -0.2) is 14.5 Å². The van der Waals surface area contributed by atoms with E-state index in [0.29, 0.717) is 33.8 Å². The lowest BCUT2D eigenvalue weighted by molar-refractivity contribution is -0.138. The van der Waals surface area contributed by atoms with Gasteiger partial charge in [-0.15, -0.1) is 0 Å². The lowest BCUT2D eigenvalue weighted by Gasteiger charge is -2.23. The SMILES string of the molecule is CC1(C)c2ccccc2-c2ccc3c(c21)c1ccccc1n3-c1c(-c2cccc(C(F)(F)F)c2)cc(-c2nc(-c3ccccc3)cc(-c3ccccc3)n2)cc1-c1cccc(C(F)(F)F)c1. The van der Waals surface area contributed by atoms with Crippen molar-refractivity contribution in [3.63, 3.8) is 0 Å². The standard InChI is InChI=1S/C57H37F6N3/c1-55(2)46-25-11-9-23-41(46)42-27-28-50-51(52(42)55)43-24-10-12-26-49(43)66(50)53-44(36-19-13-21-39(29-36)56(58,59)60)31-38(32-45(53)37-20-14-22-40(30-37)57(61,62)63)54-64-47(34-15-5-3-6-16-34)33-48(65-54)35-17-7-4-8-18-35/h3-33H,1-2H3. The quantitative estimate of drug-likeness (QED) is 0.156. The van der Waals surface area contributed by atoms with Gasteiger partial charge in [0.2, 0.25) is 0 Å². The summed E-state index contributed by atoms with van der Waals surface area (Å²) in [5.41, 5.74) is 8.39. The largest absolute Gasteiger partial charge is 0.416 e. The topological polar surface area (TPSA) is 30.7 Å². The Kier molecular flexibility index (Phi) is 9.41. The minimum absolute atomic E-state index is 0.206. The summed E-state index contributed by atoms with van der Waals surface area (Å²) < 4.78 is 90.3. The number of nitrogens with zero attached hydrogens (tertiary/aromatic N) is 3. The molecule has 0 unspecified atom stereocenters. The highest BCUT2D eigenvalue weighted by Gasteiger charge is 2.39. The van der Waals surface area contributed by atoms with E-state index in [2.05, 4.69) is 32.0 Å². The van der Waals surface area contributed by atoms with Crippen LogP contribution in [0, 0.1) is 0 Å². The molecule has 0 spiro atoms. The van der Waals surface area contributed by atoms with Crippen LogP contribution < -0.4 is 0 Å². The molecule has 9 heteroatoms. The van der Waals surface area contributed by atoms with Gasteiger partial charge in [-0.1, -0.05) is 147 Å². The van der Waals surface area contributed by atoms with Crippen LogP contribution in [0.15, 0.2) is 188 Å². The van der Waals surface area contributed by atoms with Crippen LogP contribution >= 0.6 is 0 Å². The summed E-state index contributed by atoms with van der Waals surface area (Å²) >= 11 is 0. The highest BCUT2D eigenvalue weighted by Crippen LogP contribution is 2.54. The summed E-state index contributed by atoms with van der Waals surface area (Å²) in [6.07, 6.45) is -9.38. The van der Waals surface area contributed by atoms with Crippen molar-refractivity contribution in [1.29, 1.82) is 0 Å². The molecule has 8 aromatic carbocycles. The second-order valence-corrected chi connectivity index (χ2v) is 17.2. The van der Waals surface area contributed by atoms with Gasteiger partial charge in [0.05, 0.1) is 39.2 Å². The normalized spacial score (nSPS) is 13.3. The van der Waals surface area contributed by atoms with Crippen molar-refractivity contribution in [2.75, 3.05) is 0 Å². The summed E-state index contributed by atoms with van der Waals surface area (Å²) in [7, 11) is 0. The zero-order valence-corrected chi connectivity index (χ0v) is 35.5. The molecule has 0 atom stereocenters. The molecule has 0 saturated carbocycles. The number of fused-ring (bicyclic) bond motifs is 7. The molecule has 0 amide bonds. The van der Waals surface area contributed by atoms with Crippen LogP contribution in [0.25, 0.3) is 94.8 Å². The predicted molar refractivity (Wildman–Crippen MR) is 251 cm³/mol. The molecule has 1 aliphatic carbocycles. The lowest BCUT2D eigenvalue weighted by Crippen LogP contribution is -2.15. The molecule has 0 saturated heterocycles. The number of halogens is 6. The van der Waals surface area contributed by atoms with Crippen LogP contribution in [0.4, 0.5) is 26.3 Å². The molecule has 1 aliphatic rings. The molecule has 0 aliphatic heterocycles. The Morgan fingerprint density at radius 3 is 1.52 bits per heavy atom. The van der Waals surface area contributed by atoms with Crippen LogP contribution in [-0.2, 0) is 17.8 Å². The number of hydrogen-bond acceptors (Lipinski definition) is 2. The Balaban J connectivity index is 1.30. The molecular weight excluding hydrogens is 841 g/mol. The van der Waals surface area contributed by atoms with Crippen molar-refractivity contribution in [1.82, 2.24) is 14.5 Å². The first-order valence-electron chi connectivity index (χ1n) is 21.5. The maximum atomic E-state index is 14.7. The van der Waals surface area contributed by atoms with E-state index < -0.39 is 28.9 Å². The summed E-state index contributed by atoms with van der Waals surface area (Å²) in [5.74, 6) is 0.239. The molecule has 10 aromatic rings. The highest BCUT2D eigenvalue weighted by atomic mass is 19.4. The van der Waals surface area contributed by atoms with Crippen molar-refractivity contribution < 1.29 is 26.3 Å². The van der Waals surface area contributed by atoms with E-state index in [1.54, 1.807) is 24.3 Å². The van der Waals surface area contributed by atoms with Crippen LogP contribution in [0.3, 0.4) is 0 Å². The smallest absolute Gasteiger partial charge is 0.308 e. The molecule has 11 rings (SSSR count). The number of rotatable bonds is 6. The molecule has 0 fully saturated rings. The zero-order chi connectivity index (χ0) is 45.5. The van der Waals surface area contributed by atoms with Gasteiger partial charge >= 0.3 is 12.4 Å². The molecule has 3 nitrogen and oxygen atoms in total. The van der Waals surface area contributed by atoms with E-state index in [0.717, 1.165) is 79.5 Å². The minimum Gasteiger partial charge on any atom is -0.308 e. The van der Waals surface area contributed by atoms with E-state index >= 15 is 0 Å².